The minimum Gasteiger partial charge on any atom is -0.453 e. The number of nitrogens with one attached hydrogen (secondary N) is 1. The molecule has 19 heteroatoms. The van der Waals surface area contributed by atoms with Gasteiger partial charge in [0.2, 0.25) is 5.43 Å². The third-order valence-electron chi connectivity index (χ3n) is 6.97. The Hall–Kier alpha value is -4.29. The fourth-order valence-electron chi connectivity index (χ4n) is 4.39. The van der Waals surface area contributed by atoms with E-state index in [4.69, 9.17) is 52.9 Å². The summed E-state index contributed by atoms with van der Waals surface area (Å²) in [4.78, 5) is 48.0. The van der Waals surface area contributed by atoms with Crippen molar-refractivity contribution in [1.29, 1.82) is 0 Å². The number of phosphoric ester groups is 1. The largest absolute Gasteiger partial charge is 0.471 e. The van der Waals surface area contributed by atoms with E-state index in [1.54, 1.807) is 0 Å². The maximum Gasteiger partial charge on any atom is 0.471 e. The van der Waals surface area contributed by atoms with Gasteiger partial charge in [0.1, 0.15) is 29.0 Å². The number of aromatic nitrogens is 2. The number of aliphatic hydroxyl groups excluding tert-OH is 3. The van der Waals surface area contributed by atoms with E-state index in [1.165, 1.54) is 42.7 Å². The van der Waals surface area contributed by atoms with Crippen LogP contribution in [0.25, 0.3) is 11.1 Å². The first-order chi connectivity index (χ1) is 23.6. The Labute approximate surface area is 288 Å². The van der Waals surface area contributed by atoms with Crippen molar-refractivity contribution < 1.29 is 52.5 Å². The third kappa shape index (κ3) is 11.7. The molecule has 0 atom stereocenters. The molecule has 10 N–H and O–H groups in total. The number of carbonyl (C=O) groups is 1. The van der Waals surface area contributed by atoms with Gasteiger partial charge in [0, 0.05) is 67.3 Å². The van der Waals surface area contributed by atoms with Crippen LogP contribution in [-0.2, 0) is 15.8 Å². The smallest absolute Gasteiger partial charge is 0.453 e. The number of hydrogen-bond acceptors (Lipinski definition) is 11. The molecule has 0 aliphatic heterocycles. The average molecular weight is 742 g/mol. The van der Waals surface area contributed by atoms with Crippen molar-refractivity contribution in [3.8, 4) is 22.6 Å². The number of ether oxygens (including phenoxy) is 1. The highest BCUT2D eigenvalue weighted by molar-refractivity contribution is 7.46. The zero-order valence-corrected chi connectivity index (χ0v) is 27.9. The highest BCUT2D eigenvalue weighted by atomic mass is 35.5. The molecule has 2 heterocycles. The third-order valence-corrected chi connectivity index (χ3v) is 7.81. The summed E-state index contributed by atoms with van der Waals surface area (Å²) in [7, 11) is -4.89. The summed E-state index contributed by atoms with van der Waals surface area (Å²) in [5, 5.41) is 28.2. The van der Waals surface area contributed by atoms with E-state index < -0.39 is 48.6 Å². The van der Waals surface area contributed by atoms with Crippen molar-refractivity contribution >= 4 is 36.8 Å². The van der Waals surface area contributed by atoms with Gasteiger partial charge in [0.15, 0.2) is 17.3 Å². The first-order valence-electron chi connectivity index (χ1n) is 14.6. The minimum absolute atomic E-state index is 0.00347. The monoisotopic (exact) mass is 741 g/mol. The number of nitrogen functional groups attached to an aromatic ring is 1. The molecular weight excluding hydrogens is 707 g/mol. The Kier molecular flexibility index (Phi) is 14.5. The lowest BCUT2D eigenvalue weighted by Gasteiger charge is -2.26. The van der Waals surface area contributed by atoms with E-state index in [9.17, 15) is 22.9 Å². The summed E-state index contributed by atoms with van der Waals surface area (Å²) < 4.78 is 50.2. The predicted octanol–water partition coefficient (Wildman–Crippen LogP) is 3.37. The molecule has 0 saturated heterocycles. The van der Waals surface area contributed by atoms with Crippen LogP contribution in [-0.4, -0.2) is 65.9 Å². The van der Waals surface area contributed by atoms with Crippen LogP contribution in [0.1, 0.15) is 29.6 Å². The zero-order chi connectivity index (χ0) is 37.1. The first-order valence-corrected chi connectivity index (χ1v) is 16.5. The van der Waals surface area contributed by atoms with E-state index in [0.29, 0.717) is 19.3 Å². The molecule has 0 aliphatic rings. The van der Waals surface area contributed by atoms with Crippen molar-refractivity contribution in [2.45, 2.75) is 31.5 Å². The van der Waals surface area contributed by atoms with Crippen LogP contribution in [0.4, 0.5) is 20.3 Å². The summed E-state index contributed by atoms with van der Waals surface area (Å²) >= 11 is 6.01. The zero-order valence-electron chi connectivity index (χ0n) is 26.2. The van der Waals surface area contributed by atoms with Gasteiger partial charge in [-0.2, -0.15) is 0 Å². The number of halogens is 3. The molecule has 0 radical (unpaired) electrons. The quantitative estimate of drug-likeness (QED) is 0.0864. The highest BCUT2D eigenvalue weighted by Crippen LogP contribution is 2.36. The van der Waals surface area contributed by atoms with E-state index in [1.807, 2.05) is 0 Å². The summed E-state index contributed by atoms with van der Waals surface area (Å²) in [5.41, 5.74) is 9.61. The molecule has 2 aromatic carbocycles. The number of benzene rings is 2. The molecule has 0 spiro atoms. The number of nitrogens with two attached hydrogens (primary N) is 2. The van der Waals surface area contributed by atoms with Gasteiger partial charge in [-0.3, -0.25) is 14.1 Å². The lowest BCUT2D eigenvalue weighted by atomic mass is 9.90. The van der Waals surface area contributed by atoms with Gasteiger partial charge in [-0.05, 0) is 49.1 Å². The van der Waals surface area contributed by atoms with Crippen molar-refractivity contribution in [2.24, 2.45) is 5.73 Å². The molecule has 2 aromatic heterocycles. The van der Waals surface area contributed by atoms with Crippen LogP contribution in [0.3, 0.4) is 0 Å². The van der Waals surface area contributed by atoms with E-state index in [0.717, 1.165) is 29.0 Å². The molecule has 0 unspecified atom stereocenters. The molecule has 15 nitrogen and oxygen atoms in total. The number of aliphatic hydroxyl groups is 3. The predicted molar refractivity (Wildman–Crippen MR) is 179 cm³/mol. The topological polar surface area (TPSA) is 253 Å². The van der Waals surface area contributed by atoms with Crippen LogP contribution in [0, 0.1) is 11.6 Å². The van der Waals surface area contributed by atoms with Gasteiger partial charge in [0.05, 0.1) is 0 Å². The minimum atomic E-state index is -4.89. The number of rotatable bonds is 14. The number of anilines is 2. The number of hydrogen-bond donors (Lipinski definition) is 8. The molecule has 50 heavy (non-hydrogen) atoms. The number of nitrogens with zero attached hydrogens (tertiary/aromatic N) is 2. The number of amides is 1. The SMILES string of the molecule is NC(CCO)(CCO)CCO.Nc1nccc(Oc2ccc(NC(=O)c3cn(COP(=O)(O)O)cc(-c4ccc(F)cc4)c3=O)cc2F)c1Cl. The Morgan fingerprint density at radius 1 is 0.980 bits per heavy atom. The van der Waals surface area contributed by atoms with Crippen molar-refractivity contribution in [2.75, 3.05) is 30.9 Å². The lowest BCUT2D eigenvalue weighted by Crippen LogP contribution is -2.42. The molecule has 0 bridgehead atoms. The Morgan fingerprint density at radius 2 is 1.60 bits per heavy atom. The summed E-state index contributed by atoms with van der Waals surface area (Å²) in [6, 6.07) is 9.59. The molecule has 4 aromatic rings. The standard InChI is InChI=1S/C24H18ClF2N4O7P.C7H17NO3/c25-21-20(7-8-29-23(21)28)38-19-6-5-15(9-18(19)27)30-24(33)17-11-31(12-37-39(34,35)36)10-16(22(17)32)13-1-3-14(26)4-2-13;8-7(1-4-9,2-5-10)3-6-11/h1-11H,12H2,(H2,28,29)(H,30,33)(H2,34,35,36);9-11H,1-6,8H2. The van der Waals surface area contributed by atoms with E-state index in [-0.39, 0.29) is 59.0 Å². The average Bonchev–Trinajstić information content (AvgIpc) is 3.04. The fourth-order valence-corrected chi connectivity index (χ4v) is 4.82. The van der Waals surface area contributed by atoms with Gasteiger partial charge >= 0.3 is 7.82 Å². The van der Waals surface area contributed by atoms with Crippen molar-refractivity contribution in [1.82, 2.24) is 9.55 Å². The van der Waals surface area contributed by atoms with Crippen molar-refractivity contribution in [3.63, 3.8) is 0 Å². The molecular formula is C31H35ClF2N5O10P. The normalized spacial score (nSPS) is 11.5. The van der Waals surface area contributed by atoms with Crippen LogP contribution >= 0.6 is 19.4 Å². The number of pyridine rings is 2. The Bertz CT molecular complexity index is 1860. The molecule has 270 valence electrons. The second-order valence-corrected chi connectivity index (χ2v) is 12.3. The van der Waals surface area contributed by atoms with Gasteiger partial charge in [0.25, 0.3) is 5.91 Å². The second kappa shape index (κ2) is 18.1. The second-order valence-electron chi connectivity index (χ2n) is 10.7. The molecule has 0 saturated carbocycles. The summed E-state index contributed by atoms with van der Waals surface area (Å²) in [5.74, 6) is -2.62. The molecule has 0 aliphatic carbocycles. The van der Waals surface area contributed by atoms with Crippen LogP contribution < -0.4 is 26.9 Å². The van der Waals surface area contributed by atoms with E-state index >= 15 is 0 Å². The van der Waals surface area contributed by atoms with Crippen molar-refractivity contribution in [3.05, 3.63) is 99.6 Å². The Balaban J connectivity index is 0.000000530. The van der Waals surface area contributed by atoms with Gasteiger partial charge < -0.3 is 51.2 Å². The summed E-state index contributed by atoms with van der Waals surface area (Å²) in [6.07, 6.45) is 4.78. The van der Waals surface area contributed by atoms with Crippen LogP contribution in [0.2, 0.25) is 5.02 Å². The molecule has 0 fully saturated rings. The maximum atomic E-state index is 14.7. The molecule has 1 amide bonds. The van der Waals surface area contributed by atoms with Gasteiger partial charge in [-0.25, -0.2) is 18.3 Å². The number of carbonyl (C=O) groups excluding carboxylic acids is 1. The highest BCUT2D eigenvalue weighted by Gasteiger charge is 2.23. The maximum absolute atomic E-state index is 14.7. The number of phosphoric acid groups is 1. The lowest BCUT2D eigenvalue weighted by molar-refractivity contribution is 0.102. The first kappa shape index (κ1) is 40.1. The van der Waals surface area contributed by atoms with E-state index in [2.05, 4.69) is 14.8 Å². The van der Waals surface area contributed by atoms with Gasteiger partial charge in [-0.1, -0.05) is 23.7 Å². The Morgan fingerprint density at radius 3 is 2.16 bits per heavy atom. The fraction of sp³-hybridized carbons (Fsp3) is 0.258. The van der Waals surface area contributed by atoms with Crippen LogP contribution in [0.15, 0.2) is 71.9 Å². The summed E-state index contributed by atoms with van der Waals surface area (Å²) in [6.45, 7) is -0.731. The molecule has 4 rings (SSSR count). The van der Waals surface area contributed by atoms with Crippen LogP contribution in [0.5, 0.6) is 11.5 Å². The van der Waals surface area contributed by atoms with Gasteiger partial charge in [-0.15, -0.1) is 0 Å².